The van der Waals surface area contributed by atoms with E-state index in [2.05, 4.69) is 38.1 Å². The monoisotopic (exact) mass is 296 g/mol. The third kappa shape index (κ3) is 1.89. The molecule has 4 nitrogen and oxygen atoms in total. The molecular weight excluding hydrogens is 284 g/mol. The Morgan fingerprint density at radius 1 is 0.826 bits per heavy atom. The molecule has 4 heteroatoms. The van der Waals surface area contributed by atoms with Crippen molar-refractivity contribution in [1.82, 2.24) is 19.9 Å². The van der Waals surface area contributed by atoms with Gasteiger partial charge in [-0.3, -0.25) is 0 Å². The van der Waals surface area contributed by atoms with Crippen molar-refractivity contribution < 1.29 is 0 Å². The molecule has 0 amide bonds. The van der Waals surface area contributed by atoms with Crippen LogP contribution < -0.4 is 0 Å². The summed E-state index contributed by atoms with van der Waals surface area (Å²) in [6, 6.07) is 18.3. The van der Waals surface area contributed by atoms with Crippen LogP contribution in [0.2, 0.25) is 0 Å². The van der Waals surface area contributed by atoms with Crippen LogP contribution >= 0.6 is 0 Å². The Bertz CT molecular complexity index is 1170. The van der Waals surface area contributed by atoms with Gasteiger partial charge in [-0.05, 0) is 36.4 Å². The van der Waals surface area contributed by atoms with Gasteiger partial charge in [0.25, 0.3) is 0 Å². The smallest absolute Gasteiger partial charge is 0.159 e. The first-order chi connectivity index (χ1) is 11.4. The molecular formula is C19H12N4. The summed E-state index contributed by atoms with van der Waals surface area (Å²) < 4.78 is 0. The molecule has 5 aromatic rings. The molecule has 3 heterocycles. The second-order valence-electron chi connectivity index (χ2n) is 5.54. The number of H-pyrrole nitrogens is 1. The standard InChI is InChI=1S/C19H12N4/c1-2-6-16-13(4-1)11-21-18(22-16)12-7-8-17-15(10-12)14-5-3-9-20-19(14)23-17/h1-11H,(H,20,23). The molecule has 23 heavy (non-hydrogen) atoms. The van der Waals surface area contributed by atoms with Crippen molar-refractivity contribution in [2.45, 2.75) is 0 Å². The van der Waals surface area contributed by atoms with Gasteiger partial charge in [-0.1, -0.05) is 18.2 Å². The number of nitrogens with zero attached hydrogens (tertiary/aromatic N) is 3. The van der Waals surface area contributed by atoms with E-state index in [0.717, 1.165) is 44.2 Å². The van der Waals surface area contributed by atoms with Crippen molar-refractivity contribution in [2.24, 2.45) is 0 Å². The zero-order valence-corrected chi connectivity index (χ0v) is 12.2. The molecule has 0 atom stereocenters. The van der Waals surface area contributed by atoms with Crippen LogP contribution in [0.3, 0.4) is 0 Å². The summed E-state index contributed by atoms with van der Waals surface area (Å²) in [6.45, 7) is 0. The molecule has 0 saturated carbocycles. The minimum Gasteiger partial charge on any atom is -0.339 e. The topological polar surface area (TPSA) is 54.5 Å². The van der Waals surface area contributed by atoms with Crippen molar-refractivity contribution in [3.8, 4) is 11.4 Å². The lowest BCUT2D eigenvalue weighted by molar-refractivity contribution is 1.23. The third-order valence-corrected chi connectivity index (χ3v) is 4.12. The summed E-state index contributed by atoms with van der Waals surface area (Å²) in [6.07, 6.45) is 3.67. The van der Waals surface area contributed by atoms with Crippen molar-refractivity contribution in [3.63, 3.8) is 0 Å². The summed E-state index contributed by atoms with van der Waals surface area (Å²) in [4.78, 5) is 16.9. The Morgan fingerprint density at radius 3 is 2.78 bits per heavy atom. The van der Waals surface area contributed by atoms with Crippen LogP contribution in [0, 0.1) is 0 Å². The van der Waals surface area contributed by atoms with E-state index in [1.165, 1.54) is 0 Å². The molecule has 1 N–H and O–H groups in total. The fraction of sp³-hybridized carbons (Fsp3) is 0. The summed E-state index contributed by atoms with van der Waals surface area (Å²) in [5, 5.41) is 3.31. The number of aromatic nitrogens is 4. The van der Waals surface area contributed by atoms with Gasteiger partial charge in [0, 0.05) is 39.6 Å². The normalized spacial score (nSPS) is 11.5. The number of rotatable bonds is 1. The van der Waals surface area contributed by atoms with Crippen molar-refractivity contribution in [1.29, 1.82) is 0 Å². The van der Waals surface area contributed by atoms with E-state index >= 15 is 0 Å². The molecule has 0 aliphatic carbocycles. The molecule has 0 spiro atoms. The highest BCUT2D eigenvalue weighted by Crippen LogP contribution is 2.28. The molecule has 0 unspecified atom stereocenters. The number of aromatic amines is 1. The van der Waals surface area contributed by atoms with Gasteiger partial charge in [0.1, 0.15) is 5.65 Å². The first kappa shape index (κ1) is 12.3. The first-order valence-electron chi connectivity index (χ1n) is 7.47. The highest BCUT2D eigenvalue weighted by Gasteiger charge is 2.08. The van der Waals surface area contributed by atoms with Gasteiger partial charge in [-0.15, -0.1) is 0 Å². The van der Waals surface area contributed by atoms with E-state index < -0.39 is 0 Å². The number of hydrogen-bond donors (Lipinski definition) is 1. The summed E-state index contributed by atoms with van der Waals surface area (Å²) in [7, 11) is 0. The third-order valence-electron chi connectivity index (χ3n) is 4.12. The predicted molar refractivity (Wildman–Crippen MR) is 92.1 cm³/mol. The fourth-order valence-corrected chi connectivity index (χ4v) is 2.98. The van der Waals surface area contributed by atoms with Crippen LogP contribution in [-0.4, -0.2) is 19.9 Å². The molecule has 0 aliphatic heterocycles. The lowest BCUT2D eigenvalue weighted by Crippen LogP contribution is -1.89. The second kappa shape index (κ2) is 4.61. The van der Waals surface area contributed by atoms with E-state index in [9.17, 15) is 0 Å². The van der Waals surface area contributed by atoms with E-state index in [0.29, 0.717) is 0 Å². The van der Waals surface area contributed by atoms with Gasteiger partial charge in [0.15, 0.2) is 5.82 Å². The molecule has 5 rings (SSSR count). The fourth-order valence-electron chi connectivity index (χ4n) is 2.98. The minimum absolute atomic E-state index is 0.740. The number of benzene rings is 2. The lowest BCUT2D eigenvalue weighted by atomic mass is 10.1. The van der Waals surface area contributed by atoms with Crippen molar-refractivity contribution >= 4 is 32.8 Å². The van der Waals surface area contributed by atoms with Gasteiger partial charge >= 0.3 is 0 Å². The number of hydrogen-bond acceptors (Lipinski definition) is 3. The summed E-state index contributed by atoms with van der Waals surface area (Å²) in [5.74, 6) is 0.740. The van der Waals surface area contributed by atoms with E-state index in [1.807, 2.05) is 42.6 Å². The second-order valence-corrected chi connectivity index (χ2v) is 5.54. The maximum absolute atomic E-state index is 4.68. The molecule has 2 aromatic carbocycles. The van der Waals surface area contributed by atoms with Crippen LogP contribution in [-0.2, 0) is 0 Å². The molecule has 3 aromatic heterocycles. The molecule has 0 fully saturated rings. The average Bonchev–Trinajstić information content (AvgIpc) is 2.99. The molecule has 108 valence electrons. The van der Waals surface area contributed by atoms with E-state index in [1.54, 1.807) is 6.20 Å². The minimum atomic E-state index is 0.740. The largest absolute Gasteiger partial charge is 0.339 e. The maximum atomic E-state index is 4.68. The molecule has 0 aliphatic rings. The van der Waals surface area contributed by atoms with Gasteiger partial charge in [-0.2, -0.15) is 0 Å². The van der Waals surface area contributed by atoms with Crippen molar-refractivity contribution in [2.75, 3.05) is 0 Å². The highest BCUT2D eigenvalue weighted by atomic mass is 14.9. The van der Waals surface area contributed by atoms with Crippen LogP contribution in [0.5, 0.6) is 0 Å². The van der Waals surface area contributed by atoms with Crippen LogP contribution in [0.4, 0.5) is 0 Å². The zero-order valence-electron chi connectivity index (χ0n) is 12.2. The summed E-state index contributed by atoms with van der Waals surface area (Å²) in [5.41, 5.74) is 3.94. The number of pyridine rings is 1. The number of para-hydroxylation sites is 1. The van der Waals surface area contributed by atoms with E-state index in [-0.39, 0.29) is 0 Å². The summed E-state index contributed by atoms with van der Waals surface area (Å²) >= 11 is 0. The average molecular weight is 296 g/mol. The first-order valence-corrected chi connectivity index (χ1v) is 7.47. The molecule has 0 radical (unpaired) electrons. The zero-order chi connectivity index (χ0) is 15.2. The molecule has 0 bridgehead atoms. The van der Waals surface area contributed by atoms with Crippen LogP contribution in [0.1, 0.15) is 0 Å². The van der Waals surface area contributed by atoms with Gasteiger partial charge in [0.05, 0.1) is 5.52 Å². The van der Waals surface area contributed by atoms with Gasteiger partial charge in [-0.25, -0.2) is 15.0 Å². The van der Waals surface area contributed by atoms with E-state index in [4.69, 9.17) is 0 Å². The Balaban J connectivity index is 1.76. The number of fused-ring (bicyclic) bond motifs is 4. The van der Waals surface area contributed by atoms with Gasteiger partial charge in [0.2, 0.25) is 0 Å². The maximum Gasteiger partial charge on any atom is 0.159 e. The SMILES string of the molecule is c1ccc2nc(-c3ccc4[nH]c5ncccc5c4c3)ncc2c1. The van der Waals surface area contributed by atoms with Crippen LogP contribution in [0.25, 0.3) is 44.2 Å². The highest BCUT2D eigenvalue weighted by molar-refractivity contribution is 6.07. The molecule has 0 saturated heterocycles. The number of nitrogens with one attached hydrogen (secondary N) is 1. The Morgan fingerprint density at radius 2 is 1.78 bits per heavy atom. The van der Waals surface area contributed by atoms with Crippen molar-refractivity contribution in [3.05, 3.63) is 67.0 Å². The Labute approximate surface area is 131 Å². The quantitative estimate of drug-likeness (QED) is 0.501. The lowest BCUT2D eigenvalue weighted by Gasteiger charge is -2.03. The Kier molecular flexibility index (Phi) is 2.46. The predicted octanol–water partition coefficient (Wildman–Crippen LogP) is 4.33. The van der Waals surface area contributed by atoms with Crippen LogP contribution in [0.15, 0.2) is 67.0 Å². The Hall–Kier alpha value is -3.27. The van der Waals surface area contributed by atoms with Gasteiger partial charge < -0.3 is 4.98 Å².